The summed E-state index contributed by atoms with van der Waals surface area (Å²) in [7, 11) is 0. The molecule has 6 nitrogen and oxygen atoms in total. The number of hydrogen-bond donors (Lipinski definition) is 2. The minimum Gasteiger partial charge on any atom is -0.355 e. The summed E-state index contributed by atoms with van der Waals surface area (Å²) in [6, 6.07) is 0. The van der Waals surface area contributed by atoms with Gasteiger partial charge in [-0.3, -0.25) is 9.36 Å². The number of aromatic nitrogens is 2. The fourth-order valence-corrected chi connectivity index (χ4v) is 2.14. The van der Waals surface area contributed by atoms with E-state index < -0.39 is 0 Å². The largest absolute Gasteiger partial charge is 0.355 e. The molecule has 0 radical (unpaired) electrons. The van der Waals surface area contributed by atoms with Gasteiger partial charge in [-0.1, -0.05) is 13.8 Å². The zero-order chi connectivity index (χ0) is 15.1. The number of likely N-dealkylation sites (N-methyl/N-ethyl adjacent to an activating group) is 1. The van der Waals surface area contributed by atoms with Gasteiger partial charge < -0.3 is 15.2 Å². The molecule has 6 heteroatoms. The van der Waals surface area contributed by atoms with Crippen molar-refractivity contribution in [2.75, 3.05) is 26.2 Å². The summed E-state index contributed by atoms with van der Waals surface area (Å²) in [5, 5.41) is 2.89. The predicted molar refractivity (Wildman–Crippen MR) is 79.9 cm³/mol. The fourth-order valence-electron chi connectivity index (χ4n) is 2.14. The third-order valence-electron chi connectivity index (χ3n) is 3.69. The number of nitrogens with one attached hydrogen (secondary N) is 2. The van der Waals surface area contributed by atoms with Crippen molar-refractivity contribution in [1.82, 2.24) is 19.8 Å². The number of carbonyl (C=O) groups is 1. The van der Waals surface area contributed by atoms with Crippen LogP contribution in [0.1, 0.15) is 31.7 Å². The third-order valence-corrected chi connectivity index (χ3v) is 3.69. The molecule has 20 heavy (non-hydrogen) atoms. The first-order chi connectivity index (χ1) is 9.49. The lowest BCUT2D eigenvalue weighted by molar-refractivity contribution is -0.121. The maximum atomic E-state index is 11.7. The minimum absolute atomic E-state index is 0.0118. The summed E-state index contributed by atoms with van der Waals surface area (Å²) >= 11 is 0. The molecule has 114 valence electrons. The van der Waals surface area contributed by atoms with Crippen LogP contribution in [-0.4, -0.2) is 46.5 Å². The zero-order valence-corrected chi connectivity index (χ0v) is 13.0. The van der Waals surface area contributed by atoms with Crippen molar-refractivity contribution >= 4 is 5.91 Å². The summed E-state index contributed by atoms with van der Waals surface area (Å²) in [4.78, 5) is 28.4. The molecule has 0 aliphatic carbocycles. The quantitative estimate of drug-likeness (QED) is 0.735. The normalized spacial score (nSPS) is 11.1. The Labute approximate surface area is 120 Å². The second kappa shape index (κ2) is 7.89. The van der Waals surface area contributed by atoms with Gasteiger partial charge in [-0.05, 0) is 26.9 Å². The van der Waals surface area contributed by atoms with Gasteiger partial charge in [-0.2, -0.15) is 0 Å². The number of aromatic amines is 1. The van der Waals surface area contributed by atoms with Gasteiger partial charge >= 0.3 is 5.69 Å². The van der Waals surface area contributed by atoms with E-state index in [0.717, 1.165) is 31.0 Å². The molecule has 1 aromatic rings. The molecule has 0 bridgehead atoms. The lowest BCUT2D eigenvalue weighted by Crippen LogP contribution is -2.35. The van der Waals surface area contributed by atoms with Gasteiger partial charge in [0.1, 0.15) is 0 Å². The van der Waals surface area contributed by atoms with Crippen LogP contribution in [0.4, 0.5) is 0 Å². The van der Waals surface area contributed by atoms with Crippen LogP contribution in [0, 0.1) is 13.8 Å². The Bertz CT molecular complexity index is 486. The SMILES string of the molecule is CCN(CC)CCNC(=O)CCn1c(C)c(C)[nH]c1=O. The van der Waals surface area contributed by atoms with Crippen molar-refractivity contribution < 1.29 is 4.79 Å². The fraction of sp³-hybridized carbons (Fsp3) is 0.714. The Hall–Kier alpha value is -1.56. The van der Waals surface area contributed by atoms with E-state index >= 15 is 0 Å². The van der Waals surface area contributed by atoms with Crippen molar-refractivity contribution in [1.29, 1.82) is 0 Å². The summed E-state index contributed by atoms with van der Waals surface area (Å²) in [5.41, 5.74) is 1.61. The molecule has 0 atom stereocenters. The lowest BCUT2D eigenvalue weighted by atomic mass is 10.3. The first-order valence-corrected chi connectivity index (χ1v) is 7.24. The number of H-pyrrole nitrogens is 1. The molecular formula is C14H26N4O2. The summed E-state index contributed by atoms with van der Waals surface area (Å²) in [6.07, 6.45) is 0.330. The number of carbonyl (C=O) groups excluding carboxylic acids is 1. The van der Waals surface area contributed by atoms with E-state index in [0.29, 0.717) is 19.5 Å². The van der Waals surface area contributed by atoms with Crippen LogP contribution in [0.3, 0.4) is 0 Å². The van der Waals surface area contributed by atoms with Crippen molar-refractivity contribution in [3.63, 3.8) is 0 Å². The zero-order valence-electron chi connectivity index (χ0n) is 13.0. The Morgan fingerprint density at radius 2 is 1.95 bits per heavy atom. The van der Waals surface area contributed by atoms with Crippen molar-refractivity contribution in [2.24, 2.45) is 0 Å². The standard InChI is InChI=1S/C14H26N4O2/c1-5-17(6-2)10-8-15-13(19)7-9-18-12(4)11(3)16-14(18)20/h5-10H2,1-4H3,(H,15,19)(H,16,20). The van der Waals surface area contributed by atoms with Gasteiger partial charge in [0.2, 0.25) is 5.91 Å². The first kappa shape index (κ1) is 16.5. The Balaban J connectivity index is 2.35. The van der Waals surface area contributed by atoms with Gasteiger partial charge in [0.15, 0.2) is 0 Å². The van der Waals surface area contributed by atoms with Gasteiger partial charge in [0.25, 0.3) is 0 Å². The maximum Gasteiger partial charge on any atom is 0.325 e. The van der Waals surface area contributed by atoms with E-state index in [-0.39, 0.29) is 11.6 Å². The first-order valence-electron chi connectivity index (χ1n) is 7.24. The molecule has 0 spiro atoms. The molecule has 1 heterocycles. The number of nitrogens with zero attached hydrogens (tertiary/aromatic N) is 2. The highest BCUT2D eigenvalue weighted by Gasteiger charge is 2.08. The number of hydrogen-bond acceptors (Lipinski definition) is 3. The molecule has 2 N–H and O–H groups in total. The van der Waals surface area contributed by atoms with Crippen LogP contribution in [0.15, 0.2) is 4.79 Å². The molecule has 1 aromatic heterocycles. The predicted octanol–water partition coefficient (Wildman–Crippen LogP) is 0.641. The van der Waals surface area contributed by atoms with Crippen molar-refractivity contribution in [3.8, 4) is 0 Å². The molecular weight excluding hydrogens is 256 g/mol. The topological polar surface area (TPSA) is 70.1 Å². The molecule has 1 amide bonds. The highest BCUT2D eigenvalue weighted by molar-refractivity contribution is 5.75. The Morgan fingerprint density at radius 1 is 1.30 bits per heavy atom. The maximum absolute atomic E-state index is 11.7. The minimum atomic E-state index is -0.143. The second-order valence-electron chi connectivity index (χ2n) is 4.92. The number of rotatable bonds is 8. The molecule has 0 saturated heterocycles. The Kier molecular flexibility index (Phi) is 6.51. The molecule has 0 aliphatic rings. The smallest absolute Gasteiger partial charge is 0.325 e. The average Bonchev–Trinajstić information content (AvgIpc) is 2.66. The van der Waals surface area contributed by atoms with Gasteiger partial charge in [-0.25, -0.2) is 4.79 Å². The van der Waals surface area contributed by atoms with Crippen molar-refractivity contribution in [3.05, 3.63) is 21.9 Å². The van der Waals surface area contributed by atoms with Crippen LogP contribution >= 0.6 is 0 Å². The lowest BCUT2D eigenvalue weighted by Gasteiger charge is -2.17. The van der Waals surface area contributed by atoms with Crippen LogP contribution < -0.4 is 11.0 Å². The molecule has 0 saturated carbocycles. The third kappa shape index (κ3) is 4.52. The number of aryl methyl sites for hydroxylation is 1. The van der Waals surface area contributed by atoms with E-state index in [1.54, 1.807) is 4.57 Å². The van der Waals surface area contributed by atoms with Crippen LogP contribution in [0.5, 0.6) is 0 Å². The summed E-state index contributed by atoms with van der Waals surface area (Å²) < 4.78 is 1.61. The number of imidazole rings is 1. The summed E-state index contributed by atoms with van der Waals surface area (Å²) in [5.74, 6) is -0.0118. The van der Waals surface area contributed by atoms with Crippen LogP contribution in [-0.2, 0) is 11.3 Å². The van der Waals surface area contributed by atoms with Crippen LogP contribution in [0.25, 0.3) is 0 Å². The molecule has 0 aromatic carbocycles. The Morgan fingerprint density at radius 3 is 2.45 bits per heavy atom. The second-order valence-corrected chi connectivity index (χ2v) is 4.92. The highest BCUT2D eigenvalue weighted by atomic mass is 16.2. The van der Waals surface area contributed by atoms with Crippen LogP contribution in [0.2, 0.25) is 0 Å². The van der Waals surface area contributed by atoms with E-state index in [9.17, 15) is 9.59 Å². The molecule has 0 aliphatic heterocycles. The van der Waals surface area contributed by atoms with Gasteiger partial charge in [0.05, 0.1) is 0 Å². The van der Waals surface area contributed by atoms with Gasteiger partial charge in [-0.15, -0.1) is 0 Å². The monoisotopic (exact) mass is 282 g/mol. The average molecular weight is 282 g/mol. The van der Waals surface area contributed by atoms with Crippen molar-refractivity contribution in [2.45, 2.75) is 40.7 Å². The van der Waals surface area contributed by atoms with E-state index in [1.165, 1.54) is 0 Å². The highest BCUT2D eigenvalue weighted by Crippen LogP contribution is 2.01. The molecule has 0 fully saturated rings. The molecule has 0 unspecified atom stereocenters. The van der Waals surface area contributed by atoms with E-state index in [4.69, 9.17) is 0 Å². The van der Waals surface area contributed by atoms with Gasteiger partial charge in [0, 0.05) is 37.4 Å². The van der Waals surface area contributed by atoms with E-state index in [1.807, 2.05) is 13.8 Å². The van der Waals surface area contributed by atoms with E-state index in [2.05, 4.69) is 29.0 Å². The number of amides is 1. The molecule has 1 rings (SSSR count). The summed E-state index contributed by atoms with van der Waals surface area (Å²) in [6.45, 7) is 11.9.